The number of hydrogen-bond donors (Lipinski definition) is 1. The minimum Gasteiger partial charge on any atom is -0.419 e. The van der Waals surface area contributed by atoms with Crippen molar-refractivity contribution >= 4 is 0 Å². The average Bonchev–Trinajstić information content (AvgIpc) is 2.97. The Morgan fingerprint density at radius 3 is 2.36 bits per heavy atom. The monoisotopic (exact) mass is 301 g/mol. The first-order chi connectivity index (χ1) is 10.6. The summed E-state index contributed by atoms with van der Waals surface area (Å²) < 4.78 is 31.9. The van der Waals surface area contributed by atoms with Crippen LogP contribution in [0.5, 0.6) is 0 Å². The fourth-order valence-corrected chi connectivity index (χ4v) is 2.15. The second kappa shape index (κ2) is 6.03. The molecule has 0 amide bonds. The Morgan fingerprint density at radius 2 is 1.68 bits per heavy atom. The molecule has 112 valence electrons. The molecule has 0 aliphatic heterocycles. The van der Waals surface area contributed by atoms with E-state index in [1.165, 1.54) is 12.1 Å². The summed E-state index contributed by atoms with van der Waals surface area (Å²) in [5, 5.41) is 7.84. The van der Waals surface area contributed by atoms with Gasteiger partial charge in [-0.25, -0.2) is 8.78 Å². The predicted octanol–water partition coefficient (Wildman–Crippen LogP) is 3.26. The van der Waals surface area contributed by atoms with E-state index in [0.29, 0.717) is 11.5 Å². The summed E-state index contributed by atoms with van der Waals surface area (Å²) in [6.45, 7) is 0. The molecule has 0 spiro atoms. The lowest BCUT2D eigenvalue weighted by atomic mass is 10.1. The molecule has 0 saturated heterocycles. The number of nitrogens with zero attached hydrogens (tertiary/aromatic N) is 2. The van der Waals surface area contributed by atoms with E-state index in [0.717, 1.165) is 11.6 Å². The van der Waals surface area contributed by atoms with Gasteiger partial charge < -0.3 is 10.2 Å². The molecule has 0 aliphatic carbocycles. The summed E-state index contributed by atoms with van der Waals surface area (Å²) in [4.78, 5) is 0. The molecule has 1 heterocycles. The molecular weight excluding hydrogens is 288 g/mol. The van der Waals surface area contributed by atoms with Gasteiger partial charge >= 0.3 is 0 Å². The quantitative estimate of drug-likeness (QED) is 0.803. The van der Waals surface area contributed by atoms with Crippen LogP contribution < -0.4 is 5.73 Å². The maximum absolute atomic E-state index is 13.2. The number of hydrogen-bond acceptors (Lipinski definition) is 4. The molecular formula is C16H13F2N3O. The summed E-state index contributed by atoms with van der Waals surface area (Å²) in [5.74, 6) is -0.699. The lowest BCUT2D eigenvalue weighted by Gasteiger charge is -2.07. The smallest absolute Gasteiger partial charge is 0.247 e. The molecule has 0 saturated carbocycles. The van der Waals surface area contributed by atoms with Crippen molar-refractivity contribution in [1.82, 2.24) is 10.2 Å². The molecule has 2 aromatic carbocycles. The SMILES string of the molecule is N[C@@H](Cc1cc(F)cc(F)c1)c1nnc(-c2ccccc2)o1. The highest BCUT2D eigenvalue weighted by Crippen LogP contribution is 2.22. The van der Waals surface area contributed by atoms with Gasteiger partial charge in [-0.1, -0.05) is 18.2 Å². The third-order valence-corrected chi connectivity index (χ3v) is 3.16. The van der Waals surface area contributed by atoms with Crippen LogP contribution in [0.2, 0.25) is 0 Å². The Bertz CT molecular complexity index is 754. The lowest BCUT2D eigenvalue weighted by Crippen LogP contribution is -2.14. The molecule has 1 atom stereocenters. The lowest BCUT2D eigenvalue weighted by molar-refractivity contribution is 0.456. The third kappa shape index (κ3) is 3.17. The Hall–Kier alpha value is -2.60. The first-order valence-electron chi connectivity index (χ1n) is 6.71. The Labute approximate surface area is 125 Å². The largest absolute Gasteiger partial charge is 0.419 e. The molecule has 4 nitrogen and oxygen atoms in total. The van der Waals surface area contributed by atoms with Gasteiger partial charge in [0.25, 0.3) is 0 Å². The number of benzene rings is 2. The summed E-state index contributed by atoms with van der Waals surface area (Å²) in [7, 11) is 0. The zero-order valence-corrected chi connectivity index (χ0v) is 11.5. The number of nitrogens with two attached hydrogens (primary N) is 1. The van der Waals surface area contributed by atoms with E-state index in [-0.39, 0.29) is 12.3 Å². The van der Waals surface area contributed by atoms with E-state index in [9.17, 15) is 8.78 Å². The highest BCUT2D eigenvalue weighted by atomic mass is 19.1. The number of halogens is 2. The molecule has 1 aromatic heterocycles. The fraction of sp³-hybridized carbons (Fsp3) is 0.125. The molecule has 22 heavy (non-hydrogen) atoms. The topological polar surface area (TPSA) is 64.9 Å². The predicted molar refractivity (Wildman–Crippen MR) is 76.7 cm³/mol. The van der Waals surface area contributed by atoms with Gasteiger partial charge in [0.1, 0.15) is 11.6 Å². The van der Waals surface area contributed by atoms with E-state index in [4.69, 9.17) is 10.2 Å². The molecule has 0 aliphatic rings. The normalized spacial score (nSPS) is 12.3. The van der Waals surface area contributed by atoms with Gasteiger partial charge in [-0.15, -0.1) is 10.2 Å². The van der Waals surface area contributed by atoms with Crippen molar-refractivity contribution in [1.29, 1.82) is 0 Å². The molecule has 0 unspecified atom stereocenters. The summed E-state index contributed by atoms with van der Waals surface area (Å²) >= 11 is 0. The number of rotatable bonds is 4. The van der Waals surface area contributed by atoms with Gasteiger partial charge in [-0.2, -0.15) is 0 Å². The van der Waals surface area contributed by atoms with Crippen LogP contribution in [0.4, 0.5) is 8.78 Å². The van der Waals surface area contributed by atoms with Crippen LogP contribution in [-0.4, -0.2) is 10.2 Å². The molecule has 0 bridgehead atoms. The van der Waals surface area contributed by atoms with Crippen LogP contribution in [-0.2, 0) is 6.42 Å². The zero-order chi connectivity index (χ0) is 15.5. The van der Waals surface area contributed by atoms with Crippen LogP contribution >= 0.6 is 0 Å². The second-order valence-electron chi connectivity index (χ2n) is 4.90. The van der Waals surface area contributed by atoms with Crippen molar-refractivity contribution in [3.8, 4) is 11.5 Å². The van der Waals surface area contributed by atoms with Crippen LogP contribution in [0.15, 0.2) is 52.9 Å². The van der Waals surface area contributed by atoms with E-state index >= 15 is 0 Å². The van der Waals surface area contributed by atoms with Gasteiger partial charge in [-0.05, 0) is 36.2 Å². The molecule has 3 rings (SSSR count). The van der Waals surface area contributed by atoms with Gasteiger partial charge in [0, 0.05) is 11.6 Å². The van der Waals surface area contributed by atoms with Gasteiger partial charge in [0.2, 0.25) is 11.8 Å². The fourth-order valence-electron chi connectivity index (χ4n) is 2.15. The summed E-state index contributed by atoms with van der Waals surface area (Å²) in [6.07, 6.45) is 0.200. The standard InChI is InChI=1S/C16H13F2N3O/c17-12-6-10(7-13(18)9-12)8-14(19)16-21-20-15(22-16)11-4-2-1-3-5-11/h1-7,9,14H,8,19H2/t14-/m0/s1. The van der Waals surface area contributed by atoms with E-state index in [1.807, 2.05) is 30.3 Å². The molecule has 3 aromatic rings. The molecule has 0 fully saturated rings. The van der Waals surface area contributed by atoms with Crippen LogP contribution in [0, 0.1) is 11.6 Å². The Morgan fingerprint density at radius 1 is 1.00 bits per heavy atom. The minimum atomic E-state index is -0.641. The highest BCUT2D eigenvalue weighted by molar-refractivity contribution is 5.51. The van der Waals surface area contributed by atoms with E-state index in [1.54, 1.807) is 0 Å². The summed E-state index contributed by atoms with van der Waals surface area (Å²) in [5.41, 5.74) is 7.19. The minimum absolute atomic E-state index is 0.200. The van der Waals surface area contributed by atoms with Crippen molar-refractivity contribution in [2.24, 2.45) is 5.73 Å². The highest BCUT2D eigenvalue weighted by Gasteiger charge is 2.16. The maximum Gasteiger partial charge on any atom is 0.247 e. The molecule has 0 radical (unpaired) electrons. The van der Waals surface area contributed by atoms with Crippen LogP contribution in [0.3, 0.4) is 0 Å². The van der Waals surface area contributed by atoms with Crippen molar-refractivity contribution in [3.63, 3.8) is 0 Å². The van der Waals surface area contributed by atoms with Crippen LogP contribution in [0.1, 0.15) is 17.5 Å². The van der Waals surface area contributed by atoms with Gasteiger partial charge in [0.15, 0.2) is 0 Å². The Kier molecular flexibility index (Phi) is 3.93. The Balaban J connectivity index is 1.78. The maximum atomic E-state index is 13.2. The van der Waals surface area contributed by atoms with Crippen LogP contribution in [0.25, 0.3) is 11.5 Å². The van der Waals surface area contributed by atoms with E-state index < -0.39 is 17.7 Å². The zero-order valence-electron chi connectivity index (χ0n) is 11.5. The van der Waals surface area contributed by atoms with Gasteiger partial charge in [0.05, 0.1) is 6.04 Å². The second-order valence-corrected chi connectivity index (χ2v) is 4.90. The van der Waals surface area contributed by atoms with Crippen molar-refractivity contribution in [2.75, 3.05) is 0 Å². The average molecular weight is 301 g/mol. The number of aromatic nitrogens is 2. The van der Waals surface area contributed by atoms with Crippen molar-refractivity contribution in [2.45, 2.75) is 12.5 Å². The first kappa shape index (κ1) is 14.3. The van der Waals surface area contributed by atoms with E-state index in [2.05, 4.69) is 10.2 Å². The molecule has 2 N–H and O–H groups in total. The molecule has 6 heteroatoms. The first-order valence-corrected chi connectivity index (χ1v) is 6.71. The third-order valence-electron chi connectivity index (χ3n) is 3.16. The van der Waals surface area contributed by atoms with Gasteiger partial charge in [-0.3, -0.25) is 0 Å². The van der Waals surface area contributed by atoms with Crippen molar-refractivity contribution < 1.29 is 13.2 Å². The van der Waals surface area contributed by atoms with Crippen molar-refractivity contribution in [3.05, 3.63) is 71.6 Å². The summed E-state index contributed by atoms with van der Waals surface area (Å²) in [6, 6.07) is 11.9.